The smallest absolute Gasteiger partial charge is 0.252 e. The fourth-order valence-corrected chi connectivity index (χ4v) is 20.9. The second-order valence-electron chi connectivity index (χ2n) is 32.9. The number of anilines is 9. The average molecular weight is 1540 g/mol. The van der Waals surface area contributed by atoms with Gasteiger partial charge in [0, 0.05) is 56.4 Å². The van der Waals surface area contributed by atoms with E-state index in [1.54, 1.807) is 0 Å². The highest BCUT2D eigenvalue weighted by Crippen LogP contribution is 2.57. The Balaban J connectivity index is 0.838. The number of nitrogens with zero attached hydrogens (tertiary/aromatic N) is 3. The van der Waals surface area contributed by atoms with E-state index in [9.17, 15) is 0 Å². The lowest BCUT2D eigenvalue weighted by Gasteiger charge is -2.46. The maximum atomic E-state index is 2.71. The zero-order chi connectivity index (χ0) is 80.0. The molecule has 0 saturated carbocycles. The van der Waals surface area contributed by atoms with Gasteiger partial charge in [0.2, 0.25) is 0 Å². The highest BCUT2D eigenvalue weighted by Gasteiger charge is 2.46. The van der Waals surface area contributed by atoms with Gasteiger partial charge < -0.3 is 14.7 Å². The summed E-state index contributed by atoms with van der Waals surface area (Å²) in [6.45, 7) is -0.324. The van der Waals surface area contributed by atoms with Gasteiger partial charge in [0.25, 0.3) is 6.71 Å². The van der Waals surface area contributed by atoms with Gasteiger partial charge in [-0.15, -0.1) is 0 Å². The number of benzene rings is 23. The van der Waals surface area contributed by atoms with Crippen LogP contribution in [0.2, 0.25) is 0 Å². The Labute approximate surface area is 708 Å². The van der Waals surface area contributed by atoms with Crippen LogP contribution in [0.5, 0.6) is 0 Å². The number of para-hydroxylation sites is 2. The van der Waals surface area contributed by atoms with Crippen LogP contribution in [0.4, 0.5) is 51.2 Å². The molecule has 25 rings (SSSR count). The van der Waals surface area contributed by atoms with Crippen molar-refractivity contribution in [3.05, 3.63) is 449 Å². The first-order valence-electron chi connectivity index (χ1n) is 42.4. The summed E-state index contributed by atoms with van der Waals surface area (Å²) in [5, 5.41) is 20.2. The summed E-state index contributed by atoms with van der Waals surface area (Å²) >= 11 is 0. The highest BCUT2D eigenvalue weighted by molar-refractivity contribution is 7.00. The molecule has 0 N–H and O–H groups in total. The molecule has 23 aromatic carbocycles. The molecule has 2 aliphatic rings. The van der Waals surface area contributed by atoms with Crippen molar-refractivity contribution in [2.24, 2.45) is 0 Å². The van der Waals surface area contributed by atoms with E-state index in [-0.39, 0.29) is 6.71 Å². The van der Waals surface area contributed by atoms with E-state index >= 15 is 0 Å². The molecule has 0 atom stereocenters. The third-order valence-corrected chi connectivity index (χ3v) is 26.2. The van der Waals surface area contributed by atoms with Gasteiger partial charge in [0.15, 0.2) is 0 Å². The van der Waals surface area contributed by atoms with E-state index in [0.29, 0.717) is 0 Å². The number of fused-ring (bicyclic) bond motifs is 8. The van der Waals surface area contributed by atoms with Crippen LogP contribution in [0.3, 0.4) is 0 Å². The van der Waals surface area contributed by atoms with Gasteiger partial charge >= 0.3 is 0 Å². The monoisotopic (exact) mass is 1540 g/mol. The van der Waals surface area contributed by atoms with Crippen LogP contribution >= 0.6 is 0 Å². The lowest BCUT2D eigenvalue weighted by molar-refractivity contribution is 1.23. The summed E-state index contributed by atoms with van der Waals surface area (Å²) in [5.74, 6) is 0. The molecule has 23 aromatic rings. The summed E-state index contributed by atoms with van der Waals surface area (Å²) in [6.07, 6.45) is 0. The van der Waals surface area contributed by atoms with Crippen molar-refractivity contribution in [3.63, 3.8) is 0 Å². The minimum absolute atomic E-state index is 0.324. The molecule has 0 bridgehead atoms. The van der Waals surface area contributed by atoms with Crippen molar-refractivity contribution in [1.29, 1.82) is 0 Å². The van der Waals surface area contributed by atoms with Crippen LogP contribution in [-0.2, 0) is 0 Å². The summed E-state index contributed by atoms with van der Waals surface area (Å²) in [5.41, 5.74) is 31.2. The van der Waals surface area contributed by atoms with Crippen LogP contribution in [0.15, 0.2) is 449 Å². The Morgan fingerprint density at radius 2 is 0.451 bits per heavy atom. The molecule has 4 heteroatoms. The van der Waals surface area contributed by atoms with Crippen LogP contribution in [0, 0.1) is 0 Å². The molecule has 0 aromatic heterocycles. The second-order valence-corrected chi connectivity index (χ2v) is 32.9. The van der Waals surface area contributed by atoms with Gasteiger partial charge in [-0.1, -0.05) is 376 Å². The molecule has 564 valence electrons. The topological polar surface area (TPSA) is 9.72 Å². The van der Waals surface area contributed by atoms with Gasteiger partial charge in [-0.25, -0.2) is 0 Å². The van der Waals surface area contributed by atoms with Crippen LogP contribution in [0.1, 0.15) is 0 Å². The van der Waals surface area contributed by atoms with Crippen molar-refractivity contribution in [3.8, 4) is 89.0 Å². The van der Waals surface area contributed by atoms with E-state index in [1.807, 2.05) is 0 Å². The SMILES string of the molecule is c1ccc(-c2ccc(N(c3ccc(-c4ccccc4)cc3)c3cc4c5c(c3)N(c3c(-c6ccccc6)cccc3-c3ccccc3)c3cc(-c6cc7cccc8c9cccc%10cccc(c(c6)c78)c%109)ccc3B5c3ccc(-c5cc6cccc7c8cccc9cccc(c(c5)c67)c98)cc3N4c3c(-c4ccccc4)cccc3-c3ccccc3)cc2)cc1. The largest absolute Gasteiger partial charge is 0.310 e. The molecule has 0 amide bonds. The van der Waals surface area contributed by atoms with E-state index in [4.69, 9.17) is 0 Å². The molecule has 122 heavy (non-hydrogen) atoms. The van der Waals surface area contributed by atoms with Crippen LogP contribution in [0.25, 0.3) is 175 Å². The number of hydrogen-bond donors (Lipinski definition) is 0. The van der Waals surface area contributed by atoms with Crippen molar-refractivity contribution in [2.45, 2.75) is 0 Å². The van der Waals surface area contributed by atoms with Gasteiger partial charge in [0.1, 0.15) is 0 Å². The average Bonchev–Trinajstić information content (AvgIpc) is 0.660. The molecule has 0 fully saturated rings. The first-order chi connectivity index (χ1) is 60.5. The number of hydrogen-bond acceptors (Lipinski definition) is 3. The van der Waals surface area contributed by atoms with E-state index in [0.717, 1.165) is 140 Å². The lowest BCUT2D eigenvalue weighted by atomic mass is 9.33. The fourth-order valence-electron chi connectivity index (χ4n) is 20.9. The molecule has 3 nitrogen and oxygen atoms in total. The van der Waals surface area contributed by atoms with E-state index in [2.05, 4.69) is 464 Å². The third kappa shape index (κ3) is 10.9. The zero-order valence-corrected chi connectivity index (χ0v) is 66.6. The molecule has 0 radical (unpaired) electrons. The summed E-state index contributed by atoms with van der Waals surface area (Å²) in [4.78, 5) is 7.95. The number of rotatable bonds is 13. The zero-order valence-electron chi connectivity index (χ0n) is 66.6. The second kappa shape index (κ2) is 27.9. The van der Waals surface area contributed by atoms with Crippen molar-refractivity contribution < 1.29 is 0 Å². The summed E-state index contributed by atoms with van der Waals surface area (Å²) < 4.78 is 0. The Kier molecular flexibility index (Phi) is 15.8. The quantitative estimate of drug-likeness (QED) is 0.0647. The maximum absolute atomic E-state index is 2.71. The molecule has 0 saturated heterocycles. The maximum Gasteiger partial charge on any atom is 0.252 e. The Bertz CT molecular complexity index is 7500. The minimum Gasteiger partial charge on any atom is -0.310 e. The fraction of sp³-hybridized carbons (Fsp3) is 0. The molecule has 0 unspecified atom stereocenters. The first-order valence-corrected chi connectivity index (χ1v) is 42.4. The van der Waals surface area contributed by atoms with Crippen molar-refractivity contribution in [1.82, 2.24) is 0 Å². The third-order valence-electron chi connectivity index (χ3n) is 26.2. The standard InChI is InChI=1S/C118H74BN3/c1-7-27-75(28-8-1)77-55-61-91(62-56-77)120(92-63-57-78(58-64-92)76-29-9-2-10-30-76)93-73-110-116-111(74-93)122(118-96(81-35-15-5-16-36-81)47-26-48-97(118)82-37-17-6-18-38-82)109-72-86(90-68-88-44-24-52-101-99-50-20-40-84-42-22-54-103(113(84)99)105(70-90)115(88)101)60-66-107(109)119(116)106-65-59-85(89-67-87-43-23-51-100-98-49-19-39-83-41-21-53-102(112(83)98)104(69-89)114(87)100)71-108(106)121(110)117-94(79-31-11-3-12-32-79)45-25-46-95(117)80-33-13-4-14-34-80/h1-74H. The Morgan fingerprint density at radius 3 is 0.787 bits per heavy atom. The van der Waals surface area contributed by atoms with Crippen molar-refractivity contribution >= 4 is 160 Å². The minimum atomic E-state index is -0.324. The first kappa shape index (κ1) is 69.3. The molecular weight excluding hydrogens is 1470 g/mol. The Morgan fingerprint density at radius 1 is 0.172 bits per heavy atom. The van der Waals surface area contributed by atoms with E-state index < -0.39 is 0 Å². The van der Waals surface area contributed by atoms with Gasteiger partial charge in [-0.2, -0.15) is 0 Å². The molecule has 0 aliphatic carbocycles. The molecule has 0 spiro atoms. The lowest BCUT2D eigenvalue weighted by Crippen LogP contribution is -2.61. The van der Waals surface area contributed by atoms with Crippen LogP contribution < -0.4 is 31.1 Å². The van der Waals surface area contributed by atoms with Crippen LogP contribution in [-0.4, -0.2) is 6.71 Å². The highest BCUT2D eigenvalue weighted by atomic mass is 15.2. The summed E-state index contributed by atoms with van der Waals surface area (Å²) in [6, 6.07) is 170. The summed E-state index contributed by atoms with van der Waals surface area (Å²) in [7, 11) is 0. The molecule has 2 aliphatic heterocycles. The Hall–Kier alpha value is -15.9. The normalized spacial score (nSPS) is 12.4. The predicted octanol–water partition coefficient (Wildman–Crippen LogP) is 30.7. The van der Waals surface area contributed by atoms with Crippen molar-refractivity contribution in [2.75, 3.05) is 14.7 Å². The van der Waals surface area contributed by atoms with Gasteiger partial charge in [-0.3, -0.25) is 0 Å². The van der Waals surface area contributed by atoms with Gasteiger partial charge in [-0.05, 0) is 242 Å². The molecular formula is C118H74BN3. The van der Waals surface area contributed by atoms with Gasteiger partial charge in [0.05, 0.1) is 17.1 Å². The predicted molar refractivity (Wildman–Crippen MR) is 521 cm³/mol. The van der Waals surface area contributed by atoms with E-state index in [1.165, 1.54) is 103 Å². The molecule has 2 heterocycles.